The zero-order valence-electron chi connectivity index (χ0n) is 22.9. The summed E-state index contributed by atoms with van der Waals surface area (Å²) in [5.74, 6) is -1.15. The highest BCUT2D eigenvalue weighted by Gasteiger charge is 2.34. The number of piperazine rings is 1. The number of anilines is 3. The summed E-state index contributed by atoms with van der Waals surface area (Å²) in [7, 11) is 1.97. The highest BCUT2D eigenvalue weighted by molar-refractivity contribution is 6.08. The van der Waals surface area contributed by atoms with Crippen LogP contribution in [0, 0.1) is 6.92 Å². The van der Waals surface area contributed by atoms with Crippen LogP contribution >= 0.6 is 0 Å². The molecule has 1 saturated heterocycles. The van der Waals surface area contributed by atoms with E-state index in [-0.39, 0.29) is 34.8 Å². The van der Waals surface area contributed by atoms with Crippen molar-refractivity contribution in [3.05, 3.63) is 82.5 Å². The summed E-state index contributed by atoms with van der Waals surface area (Å²) in [6.07, 6.45) is -3.24. The summed E-state index contributed by atoms with van der Waals surface area (Å²) >= 11 is 0. The van der Waals surface area contributed by atoms with Crippen LogP contribution in [0.2, 0.25) is 0 Å². The van der Waals surface area contributed by atoms with Crippen molar-refractivity contribution < 1.29 is 27.6 Å². The molecule has 41 heavy (non-hydrogen) atoms. The standard InChI is InChI=1S/C29H31F3N6O3/c1-18-4-7-22(15-24(18)28(41)36-23-8-9-26(33-16-23)34-19(2)39)35-27(40)20-5-6-21(25(14-20)29(30,31)32)17-38-12-10-37(3)11-13-38/h4-9,14-16H,10-13,17H2,1-3H3,(H,35,40)(H,36,41)(H,33,34,39). The van der Waals surface area contributed by atoms with E-state index < -0.39 is 23.6 Å². The van der Waals surface area contributed by atoms with Gasteiger partial charge in [-0.2, -0.15) is 13.2 Å². The van der Waals surface area contributed by atoms with Crippen molar-refractivity contribution in [1.29, 1.82) is 0 Å². The number of hydrogen-bond acceptors (Lipinski definition) is 6. The van der Waals surface area contributed by atoms with Crippen LogP contribution < -0.4 is 16.0 Å². The molecule has 0 spiro atoms. The van der Waals surface area contributed by atoms with Crippen molar-refractivity contribution in [2.75, 3.05) is 49.2 Å². The van der Waals surface area contributed by atoms with Crippen molar-refractivity contribution in [3.63, 3.8) is 0 Å². The number of amides is 3. The Balaban J connectivity index is 1.48. The second-order valence-electron chi connectivity index (χ2n) is 10.0. The number of nitrogens with zero attached hydrogens (tertiary/aromatic N) is 3. The van der Waals surface area contributed by atoms with Crippen LogP contribution in [0.5, 0.6) is 0 Å². The van der Waals surface area contributed by atoms with Gasteiger partial charge in [0.1, 0.15) is 5.82 Å². The molecule has 0 unspecified atom stereocenters. The molecule has 1 aliphatic heterocycles. The van der Waals surface area contributed by atoms with E-state index in [0.717, 1.165) is 19.2 Å². The molecule has 9 nitrogen and oxygen atoms in total. The molecule has 216 valence electrons. The molecule has 0 saturated carbocycles. The monoisotopic (exact) mass is 568 g/mol. The number of hydrogen-bond donors (Lipinski definition) is 3. The molecule has 3 aromatic rings. The van der Waals surface area contributed by atoms with Gasteiger partial charge in [0.15, 0.2) is 0 Å². The number of likely N-dealkylation sites (N-methyl/N-ethyl adjacent to an activating group) is 1. The third-order valence-electron chi connectivity index (χ3n) is 6.73. The Morgan fingerprint density at radius 3 is 2.20 bits per heavy atom. The lowest BCUT2D eigenvalue weighted by molar-refractivity contribution is -0.138. The van der Waals surface area contributed by atoms with Crippen LogP contribution in [0.1, 0.15) is 44.3 Å². The zero-order chi connectivity index (χ0) is 29.7. The Morgan fingerprint density at radius 2 is 1.56 bits per heavy atom. The fourth-order valence-electron chi connectivity index (χ4n) is 4.43. The molecular weight excluding hydrogens is 537 g/mol. The predicted octanol–water partition coefficient (Wildman–Crippen LogP) is 4.62. The van der Waals surface area contributed by atoms with Crippen molar-refractivity contribution in [2.24, 2.45) is 0 Å². The second kappa shape index (κ2) is 12.5. The topological polar surface area (TPSA) is 107 Å². The number of carbonyl (C=O) groups excluding carboxylic acids is 3. The molecule has 3 amide bonds. The van der Waals surface area contributed by atoms with Gasteiger partial charge >= 0.3 is 6.18 Å². The number of pyridine rings is 1. The molecule has 3 N–H and O–H groups in total. The van der Waals surface area contributed by atoms with E-state index in [2.05, 4.69) is 25.8 Å². The van der Waals surface area contributed by atoms with E-state index in [9.17, 15) is 27.6 Å². The Bertz CT molecular complexity index is 1430. The van der Waals surface area contributed by atoms with Crippen LogP contribution in [0.15, 0.2) is 54.7 Å². The highest BCUT2D eigenvalue weighted by atomic mass is 19.4. The van der Waals surface area contributed by atoms with Crippen LogP contribution in [0.3, 0.4) is 0 Å². The molecule has 12 heteroatoms. The van der Waals surface area contributed by atoms with Crippen LogP contribution in [-0.2, 0) is 17.5 Å². The lowest BCUT2D eigenvalue weighted by Gasteiger charge is -2.33. The first-order valence-corrected chi connectivity index (χ1v) is 13.0. The predicted molar refractivity (Wildman–Crippen MR) is 150 cm³/mol. The summed E-state index contributed by atoms with van der Waals surface area (Å²) in [6.45, 7) is 6.10. The van der Waals surface area contributed by atoms with Gasteiger partial charge in [0, 0.05) is 56.5 Å². The van der Waals surface area contributed by atoms with Crippen molar-refractivity contribution in [3.8, 4) is 0 Å². The largest absolute Gasteiger partial charge is 0.416 e. The minimum absolute atomic E-state index is 0.118. The van der Waals surface area contributed by atoms with Gasteiger partial charge in [0.2, 0.25) is 5.91 Å². The summed E-state index contributed by atoms with van der Waals surface area (Å²) in [6, 6.07) is 11.4. The van der Waals surface area contributed by atoms with Crippen LogP contribution in [0.25, 0.3) is 0 Å². The Labute approximate surface area is 235 Å². The minimum Gasteiger partial charge on any atom is -0.322 e. The number of nitrogens with one attached hydrogen (secondary N) is 3. The molecule has 0 radical (unpaired) electrons. The van der Waals surface area contributed by atoms with E-state index >= 15 is 0 Å². The molecule has 0 atom stereocenters. The Morgan fingerprint density at radius 1 is 0.878 bits per heavy atom. The van der Waals surface area contributed by atoms with Gasteiger partial charge in [0.25, 0.3) is 11.8 Å². The molecule has 2 aromatic carbocycles. The smallest absolute Gasteiger partial charge is 0.322 e. The number of alkyl halides is 3. The maximum absolute atomic E-state index is 14.0. The number of carbonyl (C=O) groups is 3. The molecule has 4 rings (SSSR count). The third kappa shape index (κ3) is 7.89. The molecule has 0 bridgehead atoms. The maximum atomic E-state index is 14.0. The first-order chi connectivity index (χ1) is 19.4. The summed E-state index contributed by atoms with van der Waals surface area (Å²) in [4.78, 5) is 45.2. The van der Waals surface area contributed by atoms with Crippen molar-refractivity contribution in [1.82, 2.24) is 14.8 Å². The molecule has 2 heterocycles. The van der Waals surface area contributed by atoms with Gasteiger partial charge in [-0.3, -0.25) is 19.3 Å². The fraction of sp³-hybridized carbons (Fsp3) is 0.310. The van der Waals surface area contributed by atoms with Crippen LogP contribution in [-0.4, -0.2) is 65.7 Å². The molecular formula is C29H31F3N6O3. The molecule has 0 aliphatic carbocycles. The maximum Gasteiger partial charge on any atom is 0.416 e. The molecule has 1 aliphatic rings. The normalized spacial score (nSPS) is 14.4. The van der Waals surface area contributed by atoms with E-state index in [0.29, 0.717) is 30.2 Å². The number of benzene rings is 2. The average Bonchev–Trinajstić information content (AvgIpc) is 2.91. The molecule has 1 aromatic heterocycles. The summed E-state index contributed by atoms with van der Waals surface area (Å²) in [5.41, 5.74) is 0.646. The van der Waals surface area contributed by atoms with E-state index in [1.165, 1.54) is 37.4 Å². The van der Waals surface area contributed by atoms with Gasteiger partial charge in [-0.25, -0.2) is 4.98 Å². The van der Waals surface area contributed by atoms with E-state index in [1.54, 1.807) is 25.1 Å². The summed E-state index contributed by atoms with van der Waals surface area (Å²) < 4.78 is 41.9. The van der Waals surface area contributed by atoms with Crippen molar-refractivity contribution >= 4 is 34.9 Å². The number of halogens is 3. The summed E-state index contributed by atoms with van der Waals surface area (Å²) in [5, 5.41) is 7.83. The zero-order valence-corrected chi connectivity index (χ0v) is 22.9. The lowest BCUT2D eigenvalue weighted by Crippen LogP contribution is -2.44. The SMILES string of the molecule is CC(=O)Nc1ccc(NC(=O)c2cc(NC(=O)c3ccc(CN4CCN(C)CC4)c(C(F)(F)F)c3)ccc2C)cn1. The number of rotatable bonds is 7. The molecule has 1 fully saturated rings. The van der Waals surface area contributed by atoms with Gasteiger partial charge in [-0.1, -0.05) is 12.1 Å². The minimum atomic E-state index is -4.62. The fourth-order valence-corrected chi connectivity index (χ4v) is 4.43. The van der Waals surface area contributed by atoms with Crippen molar-refractivity contribution in [2.45, 2.75) is 26.6 Å². The first kappa shape index (κ1) is 29.7. The van der Waals surface area contributed by atoms with E-state index in [1.807, 2.05) is 11.9 Å². The first-order valence-electron chi connectivity index (χ1n) is 13.0. The van der Waals surface area contributed by atoms with Crippen LogP contribution in [0.4, 0.5) is 30.4 Å². The highest BCUT2D eigenvalue weighted by Crippen LogP contribution is 2.34. The lowest BCUT2D eigenvalue weighted by atomic mass is 10.0. The Kier molecular flexibility index (Phi) is 9.04. The Hall–Kier alpha value is -4.29. The average molecular weight is 569 g/mol. The van der Waals surface area contributed by atoms with Gasteiger partial charge < -0.3 is 20.9 Å². The van der Waals surface area contributed by atoms with Gasteiger partial charge in [0.05, 0.1) is 17.4 Å². The quantitative estimate of drug-likeness (QED) is 0.384. The number of aryl methyl sites for hydroxylation is 1. The van der Waals surface area contributed by atoms with Gasteiger partial charge in [-0.05, 0) is 61.5 Å². The van der Waals surface area contributed by atoms with Gasteiger partial charge in [-0.15, -0.1) is 0 Å². The number of aromatic nitrogens is 1. The third-order valence-corrected chi connectivity index (χ3v) is 6.73. The van der Waals surface area contributed by atoms with E-state index in [4.69, 9.17) is 0 Å². The second-order valence-corrected chi connectivity index (χ2v) is 10.0.